The Morgan fingerprint density at radius 3 is 2.68 bits per heavy atom. The largest absolute Gasteiger partial charge is 0.506 e. The number of likely N-dealkylation sites (tertiary alicyclic amines) is 2. The van der Waals surface area contributed by atoms with Crippen LogP contribution in [0.15, 0.2) is 24.7 Å². The molecule has 34 heavy (non-hydrogen) atoms. The number of amides is 1. The molecule has 0 unspecified atom stereocenters. The van der Waals surface area contributed by atoms with Gasteiger partial charge in [0.05, 0.1) is 18.4 Å². The van der Waals surface area contributed by atoms with Crippen LogP contribution in [0.25, 0.3) is 16.6 Å². The lowest BCUT2D eigenvalue weighted by molar-refractivity contribution is 0.0232. The number of nitriles is 1. The summed E-state index contributed by atoms with van der Waals surface area (Å²) >= 11 is 0. The minimum atomic E-state index is -0.483. The summed E-state index contributed by atoms with van der Waals surface area (Å²) in [5.41, 5.74) is 2.98. The first-order valence-corrected chi connectivity index (χ1v) is 11.5. The molecule has 2 fully saturated rings. The van der Waals surface area contributed by atoms with Gasteiger partial charge in [-0.2, -0.15) is 15.5 Å². The summed E-state index contributed by atoms with van der Waals surface area (Å²) in [6.07, 6.45) is 5.78. The number of hydrogen-bond acceptors (Lipinski definition) is 7. The van der Waals surface area contributed by atoms with E-state index in [9.17, 15) is 15.2 Å². The average Bonchev–Trinajstić information content (AvgIpc) is 3.45. The van der Waals surface area contributed by atoms with E-state index in [1.165, 1.54) is 10.7 Å². The fraction of sp³-hybridized carbons (Fsp3) is 0.500. The molecular weight excluding hydrogens is 434 g/mol. The van der Waals surface area contributed by atoms with Crippen molar-refractivity contribution in [3.8, 4) is 22.9 Å². The summed E-state index contributed by atoms with van der Waals surface area (Å²) in [6.45, 7) is 10.9. The SMILES string of the molecule is Cc1c(-c2cc(O)c3c(C#N)cnn3c2)cnn1C1CN([C@H]2CCN(C(=O)OC(C)(C)C)C2)C1. The summed E-state index contributed by atoms with van der Waals surface area (Å²) in [5, 5.41) is 28.5. The fourth-order valence-electron chi connectivity index (χ4n) is 4.88. The van der Waals surface area contributed by atoms with E-state index in [1.807, 2.05) is 44.6 Å². The molecule has 3 aromatic heterocycles. The second kappa shape index (κ2) is 8.02. The lowest BCUT2D eigenvalue weighted by atomic mass is 10.0. The van der Waals surface area contributed by atoms with E-state index in [0.29, 0.717) is 23.7 Å². The zero-order valence-electron chi connectivity index (χ0n) is 19.9. The van der Waals surface area contributed by atoms with Gasteiger partial charge in [-0.25, -0.2) is 9.31 Å². The van der Waals surface area contributed by atoms with Gasteiger partial charge in [-0.05, 0) is 40.2 Å². The summed E-state index contributed by atoms with van der Waals surface area (Å²) in [7, 11) is 0. The molecule has 2 saturated heterocycles. The van der Waals surface area contributed by atoms with Crippen LogP contribution in [0.5, 0.6) is 5.75 Å². The summed E-state index contributed by atoms with van der Waals surface area (Å²) in [5.74, 6) is 0.0179. The number of pyridine rings is 1. The van der Waals surface area contributed by atoms with Crippen molar-refractivity contribution in [1.82, 2.24) is 29.2 Å². The summed E-state index contributed by atoms with van der Waals surface area (Å²) < 4.78 is 9.08. The Morgan fingerprint density at radius 1 is 1.21 bits per heavy atom. The number of ether oxygens (including phenoxy) is 1. The predicted octanol–water partition coefficient (Wildman–Crippen LogP) is 2.95. The quantitative estimate of drug-likeness (QED) is 0.635. The van der Waals surface area contributed by atoms with Gasteiger partial charge in [0.25, 0.3) is 0 Å². The lowest BCUT2D eigenvalue weighted by Gasteiger charge is -2.43. The summed E-state index contributed by atoms with van der Waals surface area (Å²) in [4.78, 5) is 16.6. The molecule has 2 aliphatic rings. The second-order valence-corrected chi connectivity index (χ2v) is 10.1. The predicted molar refractivity (Wildman–Crippen MR) is 124 cm³/mol. The monoisotopic (exact) mass is 463 g/mol. The maximum atomic E-state index is 12.4. The average molecular weight is 464 g/mol. The number of rotatable bonds is 3. The molecule has 178 valence electrons. The van der Waals surface area contributed by atoms with E-state index in [1.54, 1.807) is 17.2 Å². The molecular formula is C24H29N7O3. The van der Waals surface area contributed by atoms with Gasteiger partial charge in [0, 0.05) is 55.2 Å². The standard InChI is InChI=1S/C24H29N7O3/c1-15-20(16-7-21(32)22-17(8-25)9-26-30(22)11-16)10-27-31(15)19-13-29(14-19)18-5-6-28(12-18)23(33)34-24(2,3)4/h7,9-11,18-19,32H,5-6,12-14H2,1-4H3/t18-/m0/s1. The maximum Gasteiger partial charge on any atom is 0.410 e. The molecule has 0 saturated carbocycles. The maximum absolute atomic E-state index is 12.4. The molecule has 1 N–H and O–H groups in total. The highest BCUT2D eigenvalue weighted by atomic mass is 16.6. The lowest BCUT2D eigenvalue weighted by Crippen LogP contribution is -2.54. The van der Waals surface area contributed by atoms with E-state index in [4.69, 9.17) is 4.74 Å². The molecule has 3 aromatic rings. The Bertz CT molecular complexity index is 1290. The Kier molecular flexibility index (Phi) is 5.24. The molecule has 0 radical (unpaired) electrons. The topological polar surface area (TPSA) is 112 Å². The van der Waals surface area contributed by atoms with Crippen LogP contribution in [0, 0.1) is 18.3 Å². The number of fused-ring (bicyclic) bond motifs is 1. The second-order valence-electron chi connectivity index (χ2n) is 10.1. The fourth-order valence-corrected chi connectivity index (χ4v) is 4.88. The molecule has 1 atom stereocenters. The number of carbonyl (C=O) groups excluding carboxylic acids is 1. The van der Waals surface area contributed by atoms with Gasteiger partial charge >= 0.3 is 6.09 Å². The molecule has 0 spiro atoms. The molecule has 5 rings (SSSR count). The van der Waals surface area contributed by atoms with Crippen molar-refractivity contribution in [2.75, 3.05) is 26.2 Å². The summed E-state index contributed by atoms with van der Waals surface area (Å²) in [6, 6.07) is 4.31. The van der Waals surface area contributed by atoms with Crippen LogP contribution in [0.3, 0.4) is 0 Å². The number of carbonyl (C=O) groups is 1. The molecule has 10 heteroatoms. The van der Waals surface area contributed by atoms with Crippen LogP contribution in [0.4, 0.5) is 4.79 Å². The van der Waals surface area contributed by atoms with Crippen molar-refractivity contribution in [3.63, 3.8) is 0 Å². The highest BCUT2D eigenvalue weighted by Gasteiger charge is 2.39. The zero-order chi connectivity index (χ0) is 24.2. The van der Waals surface area contributed by atoms with Crippen LogP contribution in [-0.2, 0) is 4.74 Å². The Hall–Kier alpha value is -3.58. The van der Waals surface area contributed by atoms with Crippen molar-refractivity contribution in [3.05, 3.63) is 35.9 Å². The first kappa shape index (κ1) is 22.2. The van der Waals surface area contributed by atoms with E-state index in [-0.39, 0.29) is 17.9 Å². The van der Waals surface area contributed by atoms with Crippen LogP contribution < -0.4 is 0 Å². The highest BCUT2D eigenvalue weighted by Crippen LogP contribution is 2.34. The van der Waals surface area contributed by atoms with Crippen LogP contribution in [0.2, 0.25) is 0 Å². The first-order valence-electron chi connectivity index (χ1n) is 11.5. The van der Waals surface area contributed by atoms with Crippen LogP contribution >= 0.6 is 0 Å². The number of hydrogen-bond donors (Lipinski definition) is 1. The molecule has 10 nitrogen and oxygen atoms in total. The van der Waals surface area contributed by atoms with Gasteiger partial charge in [0.15, 0.2) is 0 Å². The van der Waals surface area contributed by atoms with E-state index in [2.05, 4.69) is 15.1 Å². The molecule has 5 heterocycles. The van der Waals surface area contributed by atoms with Gasteiger partial charge in [-0.3, -0.25) is 9.58 Å². The van der Waals surface area contributed by atoms with Gasteiger partial charge < -0.3 is 14.7 Å². The minimum Gasteiger partial charge on any atom is -0.506 e. The Balaban J connectivity index is 1.25. The number of nitrogens with zero attached hydrogens (tertiary/aromatic N) is 7. The van der Waals surface area contributed by atoms with Gasteiger partial charge in [-0.1, -0.05) is 0 Å². The molecule has 0 aromatic carbocycles. The van der Waals surface area contributed by atoms with Gasteiger partial charge in [-0.15, -0.1) is 0 Å². The van der Waals surface area contributed by atoms with Crippen LogP contribution in [0.1, 0.15) is 44.5 Å². The molecule has 0 aliphatic carbocycles. The van der Waals surface area contributed by atoms with Crippen molar-refractivity contribution >= 4 is 11.6 Å². The third kappa shape index (κ3) is 3.86. The Labute approximate surface area is 197 Å². The first-order chi connectivity index (χ1) is 16.1. The van der Waals surface area contributed by atoms with E-state index >= 15 is 0 Å². The number of aromatic nitrogens is 4. The van der Waals surface area contributed by atoms with Crippen molar-refractivity contribution in [2.45, 2.75) is 51.8 Å². The third-order valence-corrected chi connectivity index (χ3v) is 6.64. The number of aromatic hydroxyl groups is 1. The van der Waals surface area contributed by atoms with Crippen molar-refractivity contribution < 1.29 is 14.6 Å². The van der Waals surface area contributed by atoms with E-state index in [0.717, 1.165) is 42.9 Å². The molecule has 0 bridgehead atoms. The van der Waals surface area contributed by atoms with Crippen molar-refractivity contribution in [1.29, 1.82) is 5.26 Å². The van der Waals surface area contributed by atoms with Crippen LogP contribution in [-0.4, -0.2) is 78.2 Å². The van der Waals surface area contributed by atoms with Gasteiger partial charge in [0.1, 0.15) is 28.5 Å². The van der Waals surface area contributed by atoms with E-state index < -0.39 is 5.60 Å². The molecule has 1 amide bonds. The smallest absolute Gasteiger partial charge is 0.410 e. The highest BCUT2D eigenvalue weighted by molar-refractivity contribution is 5.75. The third-order valence-electron chi connectivity index (χ3n) is 6.64. The minimum absolute atomic E-state index is 0.0179. The molecule has 2 aliphatic heterocycles. The zero-order valence-corrected chi connectivity index (χ0v) is 19.9. The normalized spacial score (nSPS) is 19.4. The van der Waals surface area contributed by atoms with Crippen molar-refractivity contribution in [2.24, 2.45) is 0 Å². The Morgan fingerprint density at radius 2 is 1.97 bits per heavy atom. The van der Waals surface area contributed by atoms with Gasteiger partial charge in [0.2, 0.25) is 0 Å².